The van der Waals surface area contributed by atoms with Crippen molar-refractivity contribution < 1.29 is 0 Å². The summed E-state index contributed by atoms with van der Waals surface area (Å²) in [5.41, 5.74) is 14.3. The van der Waals surface area contributed by atoms with Gasteiger partial charge < -0.3 is 0 Å². The molecule has 9 aromatic carbocycles. The van der Waals surface area contributed by atoms with Crippen molar-refractivity contribution in [2.24, 2.45) is 0 Å². The Hall–Kier alpha value is -8.01. The van der Waals surface area contributed by atoms with E-state index in [1.807, 2.05) is 18.2 Å². The summed E-state index contributed by atoms with van der Waals surface area (Å²) in [4.78, 5) is 16.3. The second kappa shape index (κ2) is 15.1. The van der Waals surface area contributed by atoms with Gasteiger partial charge in [0.15, 0.2) is 5.82 Å². The van der Waals surface area contributed by atoms with Crippen LogP contribution in [0.15, 0.2) is 224 Å². The summed E-state index contributed by atoms with van der Waals surface area (Å²) in [6.07, 6.45) is 0. The van der Waals surface area contributed by atoms with E-state index in [0.29, 0.717) is 5.82 Å². The Morgan fingerprint density at radius 1 is 0.250 bits per heavy atom. The molecule has 11 rings (SSSR count). The molecule has 0 unspecified atom stereocenters. The Bertz CT molecular complexity index is 3200. The van der Waals surface area contributed by atoms with Gasteiger partial charge >= 0.3 is 0 Å². The van der Waals surface area contributed by atoms with E-state index in [-0.39, 0.29) is 0 Å². The Morgan fingerprint density at radius 2 is 0.717 bits per heavy atom. The molecule has 0 aliphatic carbocycles. The van der Waals surface area contributed by atoms with Crippen LogP contribution in [0, 0.1) is 0 Å². The molecule has 0 saturated carbocycles. The first kappa shape index (κ1) is 35.2. The lowest BCUT2D eigenvalue weighted by Gasteiger charge is -2.18. The quantitative estimate of drug-likeness (QED) is 0.152. The summed E-state index contributed by atoms with van der Waals surface area (Å²) in [5.74, 6) is 0.675. The molecule has 0 fully saturated rings. The molecule has 60 heavy (non-hydrogen) atoms. The first-order valence-corrected chi connectivity index (χ1v) is 20.4. The van der Waals surface area contributed by atoms with Crippen molar-refractivity contribution >= 4 is 32.4 Å². The number of para-hydroxylation sites is 1. The fraction of sp³-hybridized carbons (Fsp3) is 0. The van der Waals surface area contributed by atoms with Gasteiger partial charge in [0.25, 0.3) is 0 Å². The van der Waals surface area contributed by atoms with Crippen LogP contribution >= 0.6 is 0 Å². The van der Waals surface area contributed by atoms with Crippen LogP contribution in [0.3, 0.4) is 0 Å². The van der Waals surface area contributed by atoms with E-state index < -0.39 is 0 Å². The second-order valence-electron chi connectivity index (χ2n) is 15.1. The molecule has 0 bridgehead atoms. The van der Waals surface area contributed by atoms with Crippen LogP contribution < -0.4 is 0 Å². The van der Waals surface area contributed by atoms with Crippen molar-refractivity contribution in [3.63, 3.8) is 0 Å². The Morgan fingerprint density at radius 3 is 1.33 bits per heavy atom. The maximum atomic E-state index is 5.44. The van der Waals surface area contributed by atoms with E-state index in [0.717, 1.165) is 77.9 Å². The van der Waals surface area contributed by atoms with Gasteiger partial charge in [-0.05, 0) is 50.7 Å². The van der Waals surface area contributed by atoms with Gasteiger partial charge in [-0.2, -0.15) is 0 Å². The maximum Gasteiger partial charge on any atom is 0.160 e. The van der Waals surface area contributed by atoms with Crippen molar-refractivity contribution in [1.29, 1.82) is 0 Å². The number of aromatic nitrogens is 3. The fourth-order valence-electron chi connectivity index (χ4n) is 8.53. The molecule has 3 nitrogen and oxygen atoms in total. The highest BCUT2D eigenvalue weighted by molar-refractivity contribution is 6.22. The normalized spacial score (nSPS) is 11.3. The van der Waals surface area contributed by atoms with Crippen molar-refractivity contribution in [3.8, 4) is 78.5 Å². The zero-order valence-corrected chi connectivity index (χ0v) is 32.7. The Balaban J connectivity index is 1.16. The molecule has 0 aliphatic rings. The maximum absolute atomic E-state index is 5.44. The van der Waals surface area contributed by atoms with Crippen LogP contribution in [-0.4, -0.2) is 15.0 Å². The van der Waals surface area contributed by atoms with Crippen LogP contribution in [0.4, 0.5) is 0 Å². The lowest BCUT2D eigenvalue weighted by molar-refractivity contribution is 1.18. The number of hydrogen-bond acceptors (Lipinski definition) is 3. The summed E-state index contributed by atoms with van der Waals surface area (Å²) < 4.78 is 0. The van der Waals surface area contributed by atoms with Crippen LogP contribution in [0.2, 0.25) is 0 Å². The minimum absolute atomic E-state index is 0.675. The molecule has 0 aliphatic heterocycles. The molecule has 0 spiro atoms. The van der Waals surface area contributed by atoms with Gasteiger partial charge in [0.05, 0.1) is 22.6 Å². The van der Waals surface area contributed by atoms with Gasteiger partial charge in [-0.1, -0.05) is 212 Å². The van der Waals surface area contributed by atoms with Crippen LogP contribution in [0.5, 0.6) is 0 Å². The fourth-order valence-corrected chi connectivity index (χ4v) is 8.53. The third-order valence-electron chi connectivity index (χ3n) is 11.5. The molecular weight excluding hydrogens is 727 g/mol. The smallest absolute Gasteiger partial charge is 0.160 e. The zero-order chi connectivity index (χ0) is 39.8. The van der Waals surface area contributed by atoms with Crippen LogP contribution in [0.1, 0.15) is 0 Å². The van der Waals surface area contributed by atoms with E-state index in [9.17, 15) is 0 Å². The van der Waals surface area contributed by atoms with Crippen molar-refractivity contribution in [3.05, 3.63) is 224 Å². The molecular formula is C57H37N3. The number of nitrogens with zero attached hydrogens (tertiary/aromatic N) is 3. The Kier molecular flexibility index (Phi) is 8.83. The highest BCUT2D eigenvalue weighted by Gasteiger charge is 2.22. The van der Waals surface area contributed by atoms with Gasteiger partial charge in [0, 0.05) is 44.0 Å². The van der Waals surface area contributed by atoms with E-state index in [1.54, 1.807) is 0 Å². The van der Waals surface area contributed by atoms with Gasteiger partial charge in [0.1, 0.15) is 0 Å². The van der Waals surface area contributed by atoms with E-state index in [2.05, 4.69) is 206 Å². The predicted octanol–water partition coefficient (Wildman–Crippen LogP) is 15.0. The summed E-state index contributed by atoms with van der Waals surface area (Å²) >= 11 is 0. The highest BCUT2D eigenvalue weighted by Crippen LogP contribution is 2.43. The van der Waals surface area contributed by atoms with Gasteiger partial charge in [-0.25, -0.2) is 15.0 Å². The monoisotopic (exact) mass is 763 g/mol. The third-order valence-corrected chi connectivity index (χ3v) is 11.5. The molecule has 0 amide bonds. The van der Waals surface area contributed by atoms with Gasteiger partial charge in [-0.15, -0.1) is 0 Å². The number of pyridine rings is 1. The largest absolute Gasteiger partial charge is 0.247 e. The molecule has 2 aromatic heterocycles. The van der Waals surface area contributed by atoms with Crippen molar-refractivity contribution in [2.45, 2.75) is 0 Å². The highest BCUT2D eigenvalue weighted by atomic mass is 14.9. The van der Waals surface area contributed by atoms with E-state index >= 15 is 0 Å². The minimum Gasteiger partial charge on any atom is -0.247 e. The second-order valence-corrected chi connectivity index (χ2v) is 15.1. The molecule has 280 valence electrons. The number of fused-ring (bicyclic) bond motifs is 5. The average molecular weight is 764 g/mol. The molecule has 0 atom stereocenters. The van der Waals surface area contributed by atoms with E-state index in [1.165, 1.54) is 27.3 Å². The van der Waals surface area contributed by atoms with Crippen LogP contribution in [-0.2, 0) is 0 Å². The van der Waals surface area contributed by atoms with Crippen molar-refractivity contribution in [1.82, 2.24) is 15.0 Å². The number of benzene rings is 9. The summed E-state index contributed by atoms with van der Waals surface area (Å²) in [6.45, 7) is 0. The van der Waals surface area contributed by atoms with Gasteiger partial charge in [0.2, 0.25) is 0 Å². The van der Waals surface area contributed by atoms with Gasteiger partial charge in [-0.3, -0.25) is 0 Å². The van der Waals surface area contributed by atoms with Crippen LogP contribution in [0.25, 0.3) is 111 Å². The van der Waals surface area contributed by atoms with Crippen molar-refractivity contribution in [2.75, 3.05) is 0 Å². The molecule has 0 radical (unpaired) electrons. The number of rotatable bonds is 7. The van der Waals surface area contributed by atoms with E-state index in [4.69, 9.17) is 15.0 Å². The lowest BCUT2D eigenvalue weighted by Crippen LogP contribution is -2.01. The summed E-state index contributed by atoms with van der Waals surface area (Å²) in [6, 6.07) is 79.2. The minimum atomic E-state index is 0.675. The summed E-state index contributed by atoms with van der Waals surface area (Å²) in [7, 11) is 0. The first-order valence-electron chi connectivity index (χ1n) is 20.4. The molecule has 11 aromatic rings. The predicted molar refractivity (Wildman–Crippen MR) is 250 cm³/mol. The lowest BCUT2D eigenvalue weighted by atomic mass is 9.90. The first-order chi connectivity index (χ1) is 29.7. The molecule has 0 N–H and O–H groups in total. The third kappa shape index (κ3) is 6.39. The number of hydrogen-bond donors (Lipinski definition) is 0. The standard InChI is InChI=1S/C57H37N3/c1-4-15-38(16-5-1)40-27-31-43(32-28-40)55-52(56(60-57(59-55)45-20-8-3-9-21-45)44-33-29-41(30-34-44)39-17-6-2-7-18-39)46-22-14-23-47(37-46)54-50-36-35-42-19-10-11-24-48(42)53(50)49-25-12-13-26-51(49)58-54/h1-37H. The summed E-state index contributed by atoms with van der Waals surface area (Å²) in [5, 5.41) is 5.92. The average Bonchev–Trinajstić information content (AvgIpc) is 3.34. The Labute approximate surface area is 349 Å². The topological polar surface area (TPSA) is 38.7 Å². The SMILES string of the molecule is c1ccc(-c2ccc(-c3nc(-c4ccccc4)nc(-c4ccc(-c5ccccc5)cc4)c3-c3cccc(-c4nc5ccccc5c5c4ccc4ccccc45)c3)cc2)cc1. The zero-order valence-electron chi connectivity index (χ0n) is 32.7. The molecule has 3 heteroatoms. The molecule has 2 heterocycles. The molecule has 0 saturated heterocycles.